The van der Waals surface area contributed by atoms with Crippen molar-refractivity contribution in [3.05, 3.63) is 12.2 Å². The van der Waals surface area contributed by atoms with Crippen LogP contribution < -0.4 is 0 Å². The van der Waals surface area contributed by atoms with Crippen LogP contribution in [-0.2, 0) is 19.1 Å². The molecule has 0 aliphatic heterocycles. The van der Waals surface area contributed by atoms with Gasteiger partial charge in [0.2, 0.25) is 0 Å². The van der Waals surface area contributed by atoms with Gasteiger partial charge in [0.25, 0.3) is 0 Å². The Kier molecular flexibility index (Phi) is 9.58. The third kappa shape index (κ3) is 9.27. The quantitative estimate of drug-likeness (QED) is 0.369. The fourth-order valence-electron chi connectivity index (χ4n) is 2.44. The second-order valence-electron chi connectivity index (χ2n) is 5.58. The van der Waals surface area contributed by atoms with Crippen molar-refractivity contribution in [1.29, 1.82) is 0 Å². The summed E-state index contributed by atoms with van der Waals surface area (Å²) in [6.45, 7) is 2.95. The van der Waals surface area contributed by atoms with E-state index >= 15 is 0 Å². The molecule has 0 N–H and O–H groups in total. The van der Waals surface area contributed by atoms with E-state index in [0.29, 0.717) is 19.1 Å². The molecule has 0 aromatic heterocycles. The van der Waals surface area contributed by atoms with Crippen LogP contribution in [0.25, 0.3) is 0 Å². The Bertz CT molecular complexity index is 330. The fraction of sp³-hybridized carbons (Fsp3) is 0.765. The van der Waals surface area contributed by atoms with Gasteiger partial charge in [-0.2, -0.15) is 0 Å². The molecular weight excluding hydrogens is 268 g/mol. The number of carbonyl (C=O) groups is 2. The molecule has 0 heterocycles. The van der Waals surface area contributed by atoms with Crippen molar-refractivity contribution in [2.45, 2.75) is 64.7 Å². The average Bonchev–Trinajstić information content (AvgIpc) is 2.51. The Labute approximate surface area is 127 Å². The van der Waals surface area contributed by atoms with Crippen molar-refractivity contribution in [3.63, 3.8) is 0 Å². The van der Waals surface area contributed by atoms with Gasteiger partial charge in [-0.3, -0.25) is 9.59 Å². The van der Waals surface area contributed by atoms with Crippen molar-refractivity contribution in [2.75, 3.05) is 13.2 Å². The Morgan fingerprint density at radius 3 is 2.33 bits per heavy atom. The molecule has 0 atom stereocenters. The summed E-state index contributed by atoms with van der Waals surface area (Å²) in [5.41, 5.74) is 0. The van der Waals surface area contributed by atoms with Crippen molar-refractivity contribution in [1.82, 2.24) is 0 Å². The van der Waals surface area contributed by atoms with E-state index < -0.39 is 0 Å². The molecule has 1 aliphatic rings. The standard InChI is InChI=1S/C17H28O4/c1-2-3-4-8-13-20-16(18)11-12-17(19)21-14-15-9-6-5-7-10-15/h3-4,15H,2,5-14H2,1H3/b4-3+. The zero-order valence-corrected chi connectivity index (χ0v) is 13.1. The van der Waals surface area contributed by atoms with Crippen LogP contribution >= 0.6 is 0 Å². The summed E-state index contributed by atoms with van der Waals surface area (Å²) in [7, 11) is 0. The molecular formula is C17H28O4. The SMILES string of the molecule is CC/C=C/CCOC(=O)CCC(=O)OCC1CCCCC1. The zero-order valence-electron chi connectivity index (χ0n) is 13.1. The molecule has 0 saturated heterocycles. The van der Waals surface area contributed by atoms with E-state index in [2.05, 4.69) is 6.92 Å². The lowest BCUT2D eigenvalue weighted by Gasteiger charge is -2.20. The Balaban J connectivity index is 2.00. The summed E-state index contributed by atoms with van der Waals surface area (Å²) in [6, 6.07) is 0. The van der Waals surface area contributed by atoms with Gasteiger partial charge in [0.15, 0.2) is 0 Å². The molecule has 1 rings (SSSR count). The molecule has 0 radical (unpaired) electrons. The van der Waals surface area contributed by atoms with E-state index in [1.165, 1.54) is 19.3 Å². The van der Waals surface area contributed by atoms with Gasteiger partial charge in [0, 0.05) is 0 Å². The highest BCUT2D eigenvalue weighted by Crippen LogP contribution is 2.23. The predicted octanol–water partition coefficient (Wildman–Crippen LogP) is 3.79. The third-order valence-electron chi connectivity index (χ3n) is 3.69. The van der Waals surface area contributed by atoms with Gasteiger partial charge in [-0.25, -0.2) is 0 Å². The van der Waals surface area contributed by atoms with E-state index in [1.807, 2.05) is 12.2 Å². The molecule has 0 bridgehead atoms. The van der Waals surface area contributed by atoms with E-state index in [-0.39, 0.29) is 24.8 Å². The second kappa shape index (κ2) is 11.4. The number of carbonyl (C=O) groups excluding carboxylic acids is 2. The maximum atomic E-state index is 11.6. The summed E-state index contributed by atoms with van der Waals surface area (Å²) in [5, 5.41) is 0. The number of esters is 2. The van der Waals surface area contributed by atoms with Gasteiger partial charge in [-0.05, 0) is 31.6 Å². The minimum Gasteiger partial charge on any atom is -0.465 e. The zero-order chi connectivity index (χ0) is 15.3. The Morgan fingerprint density at radius 2 is 1.67 bits per heavy atom. The predicted molar refractivity (Wildman–Crippen MR) is 81.8 cm³/mol. The first-order valence-electron chi connectivity index (χ1n) is 8.18. The van der Waals surface area contributed by atoms with Gasteiger partial charge >= 0.3 is 11.9 Å². The van der Waals surface area contributed by atoms with Gasteiger partial charge in [-0.15, -0.1) is 0 Å². The van der Waals surface area contributed by atoms with Crippen LogP contribution in [-0.4, -0.2) is 25.2 Å². The van der Waals surface area contributed by atoms with Gasteiger partial charge < -0.3 is 9.47 Å². The minimum atomic E-state index is -0.325. The number of ether oxygens (including phenoxy) is 2. The second-order valence-corrected chi connectivity index (χ2v) is 5.58. The monoisotopic (exact) mass is 296 g/mol. The van der Waals surface area contributed by atoms with Crippen LogP contribution in [0.4, 0.5) is 0 Å². The highest BCUT2D eigenvalue weighted by atomic mass is 16.5. The molecule has 0 aromatic rings. The highest BCUT2D eigenvalue weighted by molar-refractivity contribution is 5.77. The Morgan fingerprint density at radius 1 is 1.00 bits per heavy atom. The molecule has 1 saturated carbocycles. The Hall–Kier alpha value is -1.32. The van der Waals surface area contributed by atoms with Crippen LogP contribution in [0.3, 0.4) is 0 Å². The van der Waals surface area contributed by atoms with E-state index in [9.17, 15) is 9.59 Å². The number of hydrogen-bond donors (Lipinski definition) is 0. The summed E-state index contributed by atoms with van der Waals surface area (Å²) < 4.78 is 10.3. The molecule has 0 unspecified atom stereocenters. The molecule has 0 amide bonds. The van der Waals surface area contributed by atoms with Crippen molar-refractivity contribution < 1.29 is 19.1 Å². The number of hydrogen-bond acceptors (Lipinski definition) is 4. The van der Waals surface area contributed by atoms with Crippen molar-refractivity contribution in [2.24, 2.45) is 5.92 Å². The molecule has 120 valence electrons. The third-order valence-corrected chi connectivity index (χ3v) is 3.69. The van der Waals surface area contributed by atoms with Crippen LogP contribution in [0.5, 0.6) is 0 Å². The lowest BCUT2D eigenvalue weighted by Crippen LogP contribution is -2.17. The maximum Gasteiger partial charge on any atom is 0.306 e. The lowest BCUT2D eigenvalue weighted by atomic mass is 9.90. The van der Waals surface area contributed by atoms with E-state index in [0.717, 1.165) is 25.7 Å². The topological polar surface area (TPSA) is 52.6 Å². The first-order chi connectivity index (χ1) is 10.2. The first kappa shape index (κ1) is 17.7. The van der Waals surface area contributed by atoms with E-state index in [4.69, 9.17) is 9.47 Å². The number of rotatable bonds is 9. The maximum absolute atomic E-state index is 11.6. The lowest BCUT2D eigenvalue weighted by molar-refractivity contribution is -0.151. The average molecular weight is 296 g/mol. The van der Waals surface area contributed by atoms with Crippen LogP contribution in [0.2, 0.25) is 0 Å². The first-order valence-corrected chi connectivity index (χ1v) is 8.18. The summed E-state index contributed by atoms with van der Waals surface area (Å²) in [5.74, 6) is -0.0991. The molecule has 4 nitrogen and oxygen atoms in total. The summed E-state index contributed by atoms with van der Waals surface area (Å²) >= 11 is 0. The van der Waals surface area contributed by atoms with E-state index in [1.54, 1.807) is 0 Å². The highest BCUT2D eigenvalue weighted by Gasteiger charge is 2.16. The summed E-state index contributed by atoms with van der Waals surface area (Å²) in [6.07, 6.45) is 12.1. The number of allylic oxidation sites excluding steroid dienone is 1. The molecule has 0 spiro atoms. The van der Waals surface area contributed by atoms with Crippen molar-refractivity contribution >= 4 is 11.9 Å². The molecule has 21 heavy (non-hydrogen) atoms. The van der Waals surface area contributed by atoms with Crippen LogP contribution in [0.1, 0.15) is 64.7 Å². The van der Waals surface area contributed by atoms with Crippen molar-refractivity contribution in [3.8, 4) is 0 Å². The van der Waals surface area contributed by atoms with Gasteiger partial charge in [0.1, 0.15) is 0 Å². The molecule has 4 heteroatoms. The van der Waals surface area contributed by atoms with Crippen LogP contribution in [0, 0.1) is 5.92 Å². The molecule has 1 fully saturated rings. The smallest absolute Gasteiger partial charge is 0.306 e. The summed E-state index contributed by atoms with van der Waals surface area (Å²) in [4.78, 5) is 23.0. The molecule has 1 aliphatic carbocycles. The van der Waals surface area contributed by atoms with Crippen LogP contribution in [0.15, 0.2) is 12.2 Å². The molecule has 0 aromatic carbocycles. The van der Waals surface area contributed by atoms with Gasteiger partial charge in [0.05, 0.1) is 26.1 Å². The normalized spacial score (nSPS) is 16.0. The largest absolute Gasteiger partial charge is 0.465 e. The van der Waals surface area contributed by atoms with Gasteiger partial charge in [-0.1, -0.05) is 38.3 Å². The minimum absolute atomic E-state index is 0.112. The fourth-order valence-corrected chi connectivity index (χ4v) is 2.44.